The third-order valence-corrected chi connectivity index (χ3v) is 7.66. The van der Waals surface area contributed by atoms with Gasteiger partial charge in [-0.25, -0.2) is 4.99 Å². The zero-order valence-electron chi connectivity index (χ0n) is 20.0. The van der Waals surface area contributed by atoms with Crippen molar-refractivity contribution in [3.63, 3.8) is 0 Å². The summed E-state index contributed by atoms with van der Waals surface area (Å²) in [6, 6.07) is 21.4. The molecule has 2 heterocycles. The molecule has 1 fully saturated rings. The minimum Gasteiger partial charge on any atom is -0.340 e. The van der Waals surface area contributed by atoms with Gasteiger partial charge < -0.3 is 15.5 Å². The van der Waals surface area contributed by atoms with Gasteiger partial charge in [0.05, 0.1) is 17.3 Å². The van der Waals surface area contributed by atoms with Crippen molar-refractivity contribution < 1.29 is 9.59 Å². The summed E-state index contributed by atoms with van der Waals surface area (Å²) in [5, 5.41) is 7.63. The number of rotatable bonds is 5. The van der Waals surface area contributed by atoms with Gasteiger partial charge in [0.15, 0.2) is 5.17 Å². The topological polar surface area (TPSA) is 73.8 Å². The van der Waals surface area contributed by atoms with Crippen molar-refractivity contribution in [2.24, 2.45) is 4.99 Å². The molecular weight excluding hydrogens is 527 g/mol. The Labute approximate surface area is 229 Å². The third-order valence-electron chi connectivity index (χ3n) is 6.14. The van der Waals surface area contributed by atoms with E-state index in [9.17, 15) is 9.59 Å². The Morgan fingerprint density at radius 1 is 0.919 bits per heavy atom. The predicted octanol–water partition coefficient (Wildman–Crippen LogP) is 7.01. The maximum atomic E-state index is 13.5. The quantitative estimate of drug-likeness (QED) is 0.358. The molecule has 1 atom stereocenters. The van der Waals surface area contributed by atoms with Gasteiger partial charge in [-0.1, -0.05) is 65.3 Å². The Balaban J connectivity index is 1.43. The van der Waals surface area contributed by atoms with Crippen LogP contribution in [0.4, 0.5) is 11.4 Å². The third kappa shape index (κ3) is 5.69. The molecule has 0 bridgehead atoms. The second-order valence-electron chi connectivity index (χ2n) is 8.75. The number of allylic oxidation sites excluding steroid dienone is 1. The SMILES string of the molecule is CC1=C(C(=O)Nc2ccccc2)C(c2ccc(NC(=O)c3cc(Cl)cc(Cl)c3)cc2)N2CCCSC2=N1. The smallest absolute Gasteiger partial charge is 0.255 e. The zero-order chi connectivity index (χ0) is 25.9. The van der Waals surface area contributed by atoms with Crippen LogP contribution < -0.4 is 10.6 Å². The highest BCUT2D eigenvalue weighted by molar-refractivity contribution is 8.13. The van der Waals surface area contributed by atoms with E-state index in [-0.39, 0.29) is 17.9 Å². The number of carbonyl (C=O) groups is 2. The monoisotopic (exact) mass is 550 g/mol. The Bertz CT molecular complexity index is 1390. The van der Waals surface area contributed by atoms with Crippen molar-refractivity contribution in [3.05, 3.63) is 105 Å². The molecule has 0 aromatic heterocycles. The number of amidine groups is 1. The van der Waals surface area contributed by atoms with Crippen LogP contribution in [-0.4, -0.2) is 34.2 Å². The van der Waals surface area contributed by atoms with Crippen LogP contribution in [0, 0.1) is 0 Å². The van der Waals surface area contributed by atoms with Gasteiger partial charge in [0.2, 0.25) is 0 Å². The van der Waals surface area contributed by atoms with E-state index in [4.69, 9.17) is 28.2 Å². The molecule has 2 amide bonds. The molecule has 37 heavy (non-hydrogen) atoms. The standard InChI is InChI=1S/C28H24Cl2N4O2S/c1-17-24(27(36)33-22-6-3-2-4-7-22)25(34-12-5-13-37-28(34)31-17)18-8-10-23(11-9-18)32-26(35)19-14-20(29)16-21(30)15-19/h2-4,6-11,14-16,25H,5,12-13H2,1H3,(H,32,35)(H,33,36). The molecule has 188 valence electrons. The lowest BCUT2D eigenvalue weighted by Gasteiger charge is -2.40. The summed E-state index contributed by atoms with van der Waals surface area (Å²) in [5.41, 5.74) is 3.98. The van der Waals surface area contributed by atoms with E-state index >= 15 is 0 Å². The van der Waals surface area contributed by atoms with E-state index in [1.54, 1.807) is 30.0 Å². The number of amides is 2. The van der Waals surface area contributed by atoms with E-state index in [1.165, 1.54) is 0 Å². The highest BCUT2D eigenvalue weighted by Crippen LogP contribution is 2.40. The molecule has 9 heteroatoms. The Hall–Kier alpha value is -3.26. The molecule has 0 aliphatic carbocycles. The number of thioether (sulfide) groups is 1. The molecule has 3 aromatic rings. The Kier molecular flexibility index (Phi) is 7.55. The van der Waals surface area contributed by atoms with E-state index in [2.05, 4.69) is 15.5 Å². The molecule has 0 radical (unpaired) electrons. The predicted molar refractivity (Wildman–Crippen MR) is 153 cm³/mol. The highest BCUT2D eigenvalue weighted by atomic mass is 35.5. The number of fused-ring (bicyclic) bond motifs is 1. The molecule has 0 spiro atoms. The number of para-hydroxylation sites is 1. The summed E-state index contributed by atoms with van der Waals surface area (Å²) < 4.78 is 0. The summed E-state index contributed by atoms with van der Waals surface area (Å²) in [5.74, 6) is 0.511. The average Bonchev–Trinajstić information content (AvgIpc) is 2.88. The van der Waals surface area contributed by atoms with Crippen molar-refractivity contribution in [2.75, 3.05) is 22.9 Å². The molecule has 0 saturated carbocycles. The second-order valence-corrected chi connectivity index (χ2v) is 10.7. The van der Waals surface area contributed by atoms with Gasteiger partial charge in [0, 0.05) is 39.3 Å². The average molecular weight is 551 g/mol. The fourth-order valence-corrected chi connectivity index (χ4v) is 6.01. The fourth-order valence-electron chi connectivity index (χ4n) is 4.46. The Morgan fingerprint density at radius 3 is 2.27 bits per heavy atom. The van der Waals surface area contributed by atoms with Crippen LogP contribution in [0.5, 0.6) is 0 Å². The van der Waals surface area contributed by atoms with Gasteiger partial charge in [-0.2, -0.15) is 0 Å². The Morgan fingerprint density at radius 2 is 1.57 bits per heavy atom. The maximum absolute atomic E-state index is 13.5. The molecule has 1 saturated heterocycles. The number of carbonyl (C=O) groups excluding carboxylic acids is 2. The summed E-state index contributed by atoms with van der Waals surface area (Å²) >= 11 is 13.8. The number of anilines is 2. The van der Waals surface area contributed by atoms with Crippen LogP contribution in [0.15, 0.2) is 89.1 Å². The number of aliphatic imine (C=N–C) groups is 1. The van der Waals surface area contributed by atoms with Gasteiger partial charge in [-0.3, -0.25) is 9.59 Å². The lowest BCUT2D eigenvalue weighted by atomic mass is 9.93. The van der Waals surface area contributed by atoms with Crippen LogP contribution in [0.2, 0.25) is 10.0 Å². The number of benzene rings is 3. The van der Waals surface area contributed by atoms with E-state index in [1.807, 2.05) is 61.5 Å². The van der Waals surface area contributed by atoms with Crippen molar-refractivity contribution in [1.29, 1.82) is 0 Å². The number of nitrogens with one attached hydrogen (secondary N) is 2. The van der Waals surface area contributed by atoms with Crippen molar-refractivity contribution >= 4 is 63.3 Å². The molecule has 2 aliphatic heterocycles. The van der Waals surface area contributed by atoms with E-state index < -0.39 is 0 Å². The van der Waals surface area contributed by atoms with Gasteiger partial charge in [0.1, 0.15) is 0 Å². The zero-order valence-corrected chi connectivity index (χ0v) is 22.3. The first-order chi connectivity index (χ1) is 17.9. The van der Waals surface area contributed by atoms with Gasteiger partial charge in [-0.15, -0.1) is 0 Å². The van der Waals surface area contributed by atoms with Gasteiger partial charge in [-0.05, 0) is 61.4 Å². The molecule has 3 aromatic carbocycles. The van der Waals surface area contributed by atoms with Crippen LogP contribution in [-0.2, 0) is 4.79 Å². The first-order valence-electron chi connectivity index (χ1n) is 11.8. The van der Waals surface area contributed by atoms with Crippen LogP contribution in [0.1, 0.15) is 35.3 Å². The lowest BCUT2D eigenvalue weighted by molar-refractivity contribution is -0.113. The van der Waals surface area contributed by atoms with Gasteiger partial charge >= 0.3 is 0 Å². The minimum atomic E-state index is -0.310. The molecule has 2 aliphatic rings. The van der Waals surface area contributed by atoms with Crippen LogP contribution in [0.25, 0.3) is 0 Å². The van der Waals surface area contributed by atoms with Crippen LogP contribution in [0.3, 0.4) is 0 Å². The van der Waals surface area contributed by atoms with Crippen molar-refractivity contribution in [1.82, 2.24) is 4.90 Å². The molecule has 2 N–H and O–H groups in total. The maximum Gasteiger partial charge on any atom is 0.255 e. The van der Waals surface area contributed by atoms with E-state index in [0.29, 0.717) is 32.6 Å². The lowest BCUT2D eigenvalue weighted by Crippen LogP contribution is -2.43. The highest BCUT2D eigenvalue weighted by Gasteiger charge is 2.37. The summed E-state index contributed by atoms with van der Waals surface area (Å²) in [6.07, 6.45) is 1.00. The second kappa shape index (κ2) is 11.0. The molecule has 5 rings (SSSR count). The first-order valence-corrected chi connectivity index (χ1v) is 13.6. The molecule has 6 nitrogen and oxygen atoms in total. The number of nitrogens with zero attached hydrogens (tertiary/aromatic N) is 2. The largest absolute Gasteiger partial charge is 0.340 e. The van der Waals surface area contributed by atoms with Crippen molar-refractivity contribution in [3.8, 4) is 0 Å². The molecular formula is C28H24Cl2N4O2S. The summed E-state index contributed by atoms with van der Waals surface area (Å²) in [6.45, 7) is 2.69. The minimum absolute atomic E-state index is 0.178. The van der Waals surface area contributed by atoms with Gasteiger partial charge in [0.25, 0.3) is 11.8 Å². The van der Waals surface area contributed by atoms with Crippen LogP contribution >= 0.6 is 35.0 Å². The first kappa shape index (κ1) is 25.4. The number of hydrogen-bond acceptors (Lipinski definition) is 5. The normalized spacial score (nSPS) is 17.1. The molecule has 1 unspecified atom stereocenters. The number of halogens is 2. The summed E-state index contributed by atoms with van der Waals surface area (Å²) in [4.78, 5) is 33.2. The number of hydrogen-bond donors (Lipinski definition) is 2. The summed E-state index contributed by atoms with van der Waals surface area (Å²) in [7, 11) is 0. The fraction of sp³-hybridized carbons (Fsp3) is 0.179. The van der Waals surface area contributed by atoms with E-state index in [0.717, 1.165) is 35.1 Å². The van der Waals surface area contributed by atoms with Crippen molar-refractivity contribution in [2.45, 2.75) is 19.4 Å².